The van der Waals surface area contributed by atoms with Crippen LogP contribution in [-0.2, 0) is 12.6 Å². The van der Waals surface area contributed by atoms with Crippen molar-refractivity contribution in [3.05, 3.63) is 83.3 Å². The van der Waals surface area contributed by atoms with Crippen LogP contribution >= 0.6 is 0 Å². The molecular weight excluding hydrogens is 379 g/mol. The highest BCUT2D eigenvalue weighted by Gasteiger charge is 2.30. The molecule has 4 nitrogen and oxygen atoms in total. The van der Waals surface area contributed by atoms with Crippen LogP contribution in [0.15, 0.2) is 66.5 Å². The second-order valence-electron chi connectivity index (χ2n) is 7.17. The normalized spacial score (nSPS) is 16.5. The van der Waals surface area contributed by atoms with Gasteiger partial charge in [-0.2, -0.15) is 13.2 Å². The standard InChI is InChI=1S/C22H20F3N3O/c23-22(24,25)18-7-3-5-16(13-18)9-10-17-6-4-11-27(15-17)21(29)19-14-26-20-8-1-2-12-28(19)20/h1-3,5,7-8,10,12-14H,4,6,9,11,15H2. The van der Waals surface area contributed by atoms with Gasteiger partial charge in [0.2, 0.25) is 0 Å². The van der Waals surface area contributed by atoms with E-state index in [1.54, 1.807) is 21.6 Å². The number of alkyl halides is 3. The van der Waals surface area contributed by atoms with Crippen LogP contribution in [0.2, 0.25) is 0 Å². The van der Waals surface area contributed by atoms with Crippen LogP contribution in [0.5, 0.6) is 0 Å². The van der Waals surface area contributed by atoms with Crippen molar-refractivity contribution in [2.24, 2.45) is 0 Å². The molecule has 0 N–H and O–H groups in total. The summed E-state index contributed by atoms with van der Waals surface area (Å²) in [6, 6.07) is 10.9. The number of aromatic nitrogens is 2. The van der Waals surface area contributed by atoms with Crippen molar-refractivity contribution in [1.29, 1.82) is 0 Å². The topological polar surface area (TPSA) is 37.6 Å². The minimum Gasteiger partial charge on any atom is -0.333 e. The summed E-state index contributed by atoms with van der Waals surface area (Å²) >= 11 is 0. The fourth-order valence-electron chi connectivity index (χ4n) is 3.63. The van der Waals surface area contributed by atoms with E-state index in [1.165, 1.54) is 12.1 Å². The number of pyridine rings is 1. The number of benzene rings is 1. The van der Waals surface area contributed by atoms with Gasteiger partial charge in [0.1, 0.15) is 11.3 Å². The van der Waals surface area contributed by atoms with E-state index < -0.39 is 11.7 Å². The number of piperidine rings is 1. The van der Waals surface area contributed by atoms with Crippen LogP contribution in [0.4, 0.5) is 13.2 Å². The van der Waals surface area contributed by atoms with Crippen molar-refractivity contribution < 1.29 is 18.0 Å². The summed E-state index contributed by atoms with van der Waals surface area (Å²) < 4.78 is 40.4. The lowest BCUT2D eigenvalue weighted by Crippen LogP contribution is -2.37. The minimum absolute atomic E-state index is 0.0895. The lowest BCUT2D eigenvalue weighted by atomic mass is 10.0. The summed E-state index contributed by atoms with van der Waals surface area (Å²) in [5, 5.41) is 0. The van der Waals surface area contributed by atoms with Gasteiger partial charge in [0.15, 0.2) is 0 Å². The first-order valence-electron chi connectivity index (χ1n) is 9.47. The molecule has 150 valence electrons. The summed E-state index contributed by atoms with van der Waals surface area (Å²) in [4.78, 5) is 19.0. The lowest BCUT2D eigenvalue weighted by molar-refractivity contribution is -0.137. The third-order valence-electron chi connectivity index (χ3n) is 5.12. The maximum Gasteiger partial charge on any atom is 0.416 e. The number of likely N-dealkylation sites (tertiary alicyclic amines) is 1. The highest BCUT2D eigenvalue weighted by molar-refractivity contribution is 5.93. The van der Waals surface area contributed by atoms with Crippen molar-refractivity contribution in [1.82, 2.24) is 14.3 Å². The largest absolute Gasteiger partial charge is 0.416 e. The first kappa shape index (κ1) is 19.2. The molecule has 1 aromatic carbocycles. The molecule has 0 bridgehead atoms. The number of nitrogens with zero attached hydrogens (tertiary/aromatic N) is 3. The molecule has 29 heavy (non-hydrogen) atoms. The van der Waals surface area contributed by atoms with Gasteiger partial charge in [-0.25, -0.2) is 4.98 Å². The van der Waals surface area contributed by atoms with E-state index in [4.69, 9.17) is 0 Å². The van der Waals surface area contributed by atoms with Gasteiger partial charge < -0.3 is 4.90 Å². The van der Waals surface area contributed by atoms with Gasteiger partial charge in [-0.3, -0.25) is 9.20 Å². The predicted molar refractivity (Wildman–Crippen MR) is 104 cm³/mol. The molecule has 4 rings (SSSR count). The van der Waals surface area contributed by atoms with Crippen LogP contribution in [0, 0.1) is 0 Å². The van der Waals surface area contributed by atoms with Crippen LogP contribution in [-0.4, -0.2) is 33.3 Å². The molecule has 0 spiro atoms. The molecule has 1 amide bonds. The Morgan fingerprint density at radius 1 is 1.17 bits per heavy atom. The second kappa shape index (κ2) is 7.73. The third kappa shape index (κ3) is 4.18. The van der Waals surface area contributed by atoms with Gasteiger partial charge in [-0.05, 0) is 43.0 Å². The van der Waals surface area contributed by atoms with E-state index in [2.05, 4.69) is 4.98 Å². The van der Waals surface area contributed by atoms with Gasteiger partial charge in [0.25, 0.3) is 5.91 Å². The molecule has 0 unspecified atom stereocenters. The molecule has 7 heteroatoms. The van der Waals surface area contributed by atoms with E-state index in [0.29, 0.717) is 36.4 Å². The van der Waals surface area contributed by atoms with Crippen molar-refractivity contribution in [3.8, 4) is 0 Å². The van der Waals surface area contributed by atoms with Gasteiger partial charge >= 0.3 is 6.18 Å². The Morgan fingerprint density at radius 3 is 2.86 bits per heavy atom. The van der Waals surface area contributed by atoms with Crippen molar-refractivity contribution in [2.45, 2.75) is 25.4 Å². The highest BCUT2D eigenvalue weighted by atomic mass is 19.4. The molecule has 0 radical (unpaired) electrons. The Bertz CT molecular complexity index is 1070. The zero-order valence-corrected chi connectivity index (χ0v) is 15.7. The maximum absolute atomic E-state index is 13.0. The Hall–Kier alpha value is -3.09. The monoisotopic (exact) mass is 399 g/mol. The number of hydrogen-bond donors (Lipinski definition) is 0. The van der Waals surface area contributed by atoms with Crippen molar-refractivity contribution in [2.75, 3.05) is 13.1 Å². The molecule has 0 aliphatic carbocycles. The average Bonchev–Trinajstić information content (AvgIpc) is 3.16. The van der Waals surface area contributed by atoms with Crippen LogP contribution in [0.25, 0.3) is 5.65 Å². The Balaban J connectivity index is 1.48. The minimum atomic E-state index is -4.34. The SMILES string of the molecule is O=C(c1cnc2ccccn12)N1CCCC(=CCc2cccc(C(F)(F)F)c2)C1. The van der Waals surface area contributed by atoms with Crippen molar-refractivity contribution >= 4 is 11.6 Å². The second-order valence-corrected chi connectivity index (χ2v) is 7.17. The number of carbonyl (C=O) groups excluding carboxylic acids is 1. The smallest absolute Gasteiger partial charge is 0.333 e. The highest BCUT2D eigenvalue weighted by Crippen LogP contribution is 2.30. The maximum atomic E-state index is 13.0. The fourth-order valence-corrected chi connectivity index (χ4v) is 3.63. The molecule has 3 heterocycles. The fraction of sp³-hybridized carbons (Fsp3) is 0.273. The number of fused-ring (bicyclic) bond motifs is 1. The molecular formula is C22H20F3N3O. The molecule has 1 saturated heterocycles. The van der Waals surface area contributed by atoms with Gasteiger partial charge in [0.05, 0.1) is 11.8 Å². The lowest BCUT2D eigenvalue weighted by Gasteiger charge is -2.28. The number of allylic oxidation sites excluding steroid dienone is 1. The van der Waals surface area contributed by atoms with Crippen LogP contribution in [0.1, 0.15) is 34.5 Å². The van der Waals surface area contributed by atoms with E-state index in [9.17, 15) is 18.0 Å². The summed E-state index contributed by atoms with van der Waals surface area (Å²) in [6.45, 7) is 1.14. The summed E-state index contributed by atoms with van der Waals surface area (Å²) in [6.07, 6.45) is 3.08. The summed E-state index contributed by atoms with van der Waals surface area (Å²) in [5.41, 5.74) is 2.27. The van der Waals surface area contributed by atoms with Gasteiger partial charge in [-0.15, -0.1) is 0 Å². The number of rotatable bonds is 3. The number of hydrogen-bond acceptors (Lipinski definition) is 2. The summed E-state index contributed by atoms with van der Waals surface area (Å²) in [7, 11) is 0. The first-order chi connectivity index (χ1) is 13.9. The van der Waals surface area contributed by atoms with E-state index in [-0.39, 0.29) is 5.91 Å². The molecule has 2 aromatic heterocycles. The van der Waals surface area contributed by atoms with E-state index in [1.807, 2.05) is 30.5 Å². The zero-order valence-electron chi connectivity index (χ0n) is 15.7. The van der Waals surface area contributed by atoms with Crippen LogP contribution < -0.4 is 0 Å². The van der Waals surface area contributed by atoms with Gasteiger partial charge in [-0.1, -0.05) is 35.9 Å². The van der Waals surface area contributed by atoms with E-state index in [0.717, 1.165) is 24.5 Å². The number of imidazole rings is 1. The molecule has 0 atom stereocenters. The summed E-state index contributed by atoms with van der Waals surface area (Å²) in [5.74, 6) is -0.0895. The van der Waals surface area contributed by atoms with Crippen molar-refractivity contribution in [3.63, 3.8) is 0 Å². The Labute approximate surface area is 166 Å². The average molecular weight is 399 g/mol. The van der Waals surface area contributed by atoms with Gasteiger partial charge in [0, 0.05) is 19.3 Å². The predicted octanol–water partition coefficient (Wildman–Crippen LogP) is 4.76. The number of amides is 1. The van der Waals surface area contributed by atoms with E-state index >= 15 is 0 Å². The molecule has 1 aliphatic heterocycles. The number of carbonyl (C=O) groups is 1. The molecule has 0 saturated carbocycles. The quantitative estimate of drug-likeness (QED) is 0.596. The number of halogens is 3. The zero-order chi connectivity index (χ0) is 20.4. The Morgan fingerprint density at radius 2 is 2.03 bits per heavy atom. The van der Waals surface area contributed by atoms with Crippen LogP contribution in [0.3, 0.4) is 0 Å². The third-order valence-corrected chi connectivity index (χ3v) is 5.12. The molecule has 1 aliphatic rings. The molecule has 3 aromatic rings. The Kier molecular flexibility index (Phi) is 5.13. The molecule has 1 fully saturated rings. The first-order valence-corrected chi connectivity index (χ1v) is 9.47.